The number of fused-ring (bicyclic) bond motifs is 1. The van der Waals surface area contributed by atoms with Crippen LogP contribution >= 0.6 is 11.6 Å². The molecule has 3 rings (SSSR count). The molecule has 1 aliphatic carbocycles. The standard InChI is InChI=1S/C13H18ClN5/c1-9-11(14)18-13-16-8-17-19(13)12(9)15-7-10-5-3-2-4-6-10/h8,10,15H,2-7H2,1H3. The van der Waals surface area contributed by atoms with Crippen molar-refractivity contribution in [2.75, 3.05) is 11.9 Å². The first-order valence-electron chi connectivity index (χ1n) is 6.85. The van der Waals surface area contributed by atoms with Crippen LogP contribution in [0.25, 0.3) is 5.78 Å². The minimum Gasteiger partial charge on any atom is -0.369 e. The van der Waals surface area contributed by atoms with E-state index in [1.54, 1.807) is 4.52 Å². The summed E-state index contributed by atoms with van der Waals surface area (Å²) in [7, 11) is 0. The first-order valence-corrected chi connectivity index (χ1v) is 7.23. The molecule has 6 heteroatoms. The van der Waals surface area contributed by atoms with Gasteiger partial charge in [-0.25, -0.2) is 0 Å². The summed E-state index contributed by atoms with van der Waals surface area (Å²) in [5, 5.41) is 8.19. The Balaban J connectivity index is 1.82. The third-order valence-electron chi connectivity index (χ3n) is 3.89. The van der Waals surface area contributed by atoms with E-state index >= 15 is 0 Å². The quantitative estimate of drug-likeness (QED) is 0.877. The van der Waals surface area contributed by atoms with Crippen LogP contribution in [-0.4, -0.2) is 26.1 Å². The van der Waals surface area contributed by atoms with Crippen LogP contribution in [0.2, 0.25) is 5.15 Å². The summed E-state index contributed by atoms with van der Waals surface area (Å²) in [4.78, 5) is 8.30. The van der Waals surface area contributed by atoms with Crippen molar-refractivity contribution in [1.29, 1.82) is 0 Å². The lowest BCUT2D eigenvalue weighted by Crippen LogP contribution is -2.19. The van der Waals surface area contributed by atoms with E-state index in [4.69, 9.17) is 11.6 Å². The zero-order chi connectivity index (χ0) is 13.2. The highest BCUT2D eigenvalue weighted by molar-refractivity contribution is 6.30. The van der Waals surface area contributed by atoms with Crippen LogP contribution in [0.15, 0.2) is 6.33 Å². The fraction of sp³-hybridized carbons (Fsp3) is 0.615. The van der Waals surface area contributed by atoms with Gasteiger partial charge in [0.1, 0.15) is 17.3 Å². The average Bonchev–Trinajstić information content (AvgIpc) is 2.88. The maximum absolute atomic E-state index is 6.14. The van der Waals surface area contributed by atoms with Crippen molar-refractivity contribution < 1.29 is 0 Å². The van der Waals surface area contributed by atoms with E-state index in [1.165, 1.54) is 38.4 Å². The van der Waals surface area contributed by atoms with Gasteiger partial charge in [0.25, 0.3) is 5.78 Å². The number of hydrogen-bond acceptors (Lipinski definition) is 4. The van der Waals surface area contributed by atoms with Gasteiger partial charge in [-0.05, 0) is 25.7 Å². The molecule has 0 atom stereocenters. The average molecular weight is 280 g/mol. The minimum absolute atomic E-state index is 0.492. The van der Waals surface area contributed by atoms with Gasteiger partial charge >= 0.3 is 0 Å². The number of halogens is 1. The molecule has 0 bridgehead atoms. The minimum atomic E-state index is 0.492. The molecule has 0 aromatic carbocycles. The predicted molar refractivity (Wildman–Crippen MR) is 75.6 cm³/mol. The molecule has 1 saturated carbocycles. The highest BCUT2D eigenvalue weighted by Gasteiger charge is 2.16. The molecule has 2 aromatic heterocycles. The predicted octanol–water partition coefficient (Wildman–Crippen LogP) is 3.08. The molecule has 0 saturated heterocycles. The number of anilines is 1. The van der Waals surface area contributed by atoms with Crippen molar-refractivity contribution in [2.24, 2.45) is 5.92 Å². The summed E-state index contributed by atoms with van der Waals surface area (Å²) in [5.74, 6) is 2.21. The second kappa shape index (κ2) is 5.33. The highest BCUT2D eigenvalue weighted by Crippen LogP contribution is 2.26. The van der Waals surface area contributed by atoms with Gasteiger partial charge in [-0.15, -0.1) is 0 Å². The lowest BCUT2D eigenvalue weighted by molar-refractivity contribution is 0.373. The lowest BCUT2D eigenvalue weighted by atomic mass is 9.89. The fourth-order valence-corrected chi connectivity index (χ4v) is 2.90. The van der Waals surface area contributed by atoms with Crippen LogP contribution in [0.5, 0.6) is 0 Å². The second-order valence-electron chi connectivity index (χ2n) is 5.23. The smallest absolute Gasteiger partial charge is 0.255 e. The van der Waals surface area contributed by atoms with Crippen molar-refractivity contribution in [3.8, 4) is 0 Å². The molecule has 5 nitrogen and oxygen atoms in total. The van der Waals surface area contributed by atoms with Crippen LogP contribution in [0.4, 0.5) is 5.82 Å². The second-order valence-corrected chi connectivity index (χ2v) is 5.59. The highest BCUT2D eigenvalue weighted by atomic mass is 35.5. The molecule has 1 N–H and O–H groups in total. The molecular formula is C13H18ClN5. The SMILES string of the molecule is Cc1c(Cl)nc2ncnn2c1NCC1CCCCC1. The van der Waals surface area contributed by atoms with Gasteiger partial charge < -0.3 is 5.32 Å². The number of nitrogens with one attached hydrogen (secondary N) is 1. The Morgan fingerprint density at radius 1 is 1.37 bits per heavy atom. The molecular weight excluding hydrogens is 262 g/mol. The molecule has 0 unspecified atom stereocenters. The summed E-state index contributed by atoms with van der Waals surface area (Å²) in [6.45, 7) is 2.93. The van der Waals surface area contributed by atoms with E-state index in [0.29, 0.717) is 10.9 Å². The van der Waals surface area contributed by atoms with E-state index < -0.39 is 0 Å². The van der Waals surface area contributed by atoms with Crippen LogP contribution in [0.1, 0.15) is 37.7 Å². The van der Waals surface area contributed by atoms with Gasteiger partial charge in [-0.1, -0.05) is 30.9 Å². The Labute approximate surface area is 117 Å². The van der Waals surface area contributed by atoms with Crippen molar-refractivity contribution in [3.05, 3.63) is 17.0 Å². The molecule has 0 spiro atoms. The Morgan fingerprint density at radius 2 is 2.16 bits per heavy atom. The molecule has 102 valence electrons. The summed E-state index contributed by atoms with van der Waals surface area (Å²) in [6.07, 6.45) is 8.20. The number of hydrogen-bond donors (Lipinski definition) is 1. The van der Waals surface area contributed by atoms with Crippen LogP contribution < -0.4 is 5.32 Å². The Morgan fingerprint density at radius 3 is 2.95 bits per heavy atom. The van der Waals surface area contributed by atoms with Gasteiger partial charge in [0.05, 0.1) is 0 Å². The fourth-order valence-electron chi connectivity index (χ4n) is 2.74. The van der Waals surface area contributed by atoms with Crippen molar-refractivity contribution >= 4 is 23.2 Å². The van der Waals surface area contributed by atoms with Gasteiger partial charge in [0, 0.05) is 12.1 Å². The number of rotatable bonds is 3. The van der Waals surface area contributed by atoms with Crippen LogP contribution in [0.3, 0.4) is 0 Å². The summed E-state index contributed by atoms with van der Waals surface area (Å²) < 4.78 is 1.73. The summed E-state index contributed by atoms with van der Waals surface area (Å²) in [5.41, 5.74) is 0.926. The van der Waals surface area contributed by atoms with E-state index in [0.717, 1.165) is 23.8 Å². The molecule has 2 aromatic rings. The monoisotopic (exact) mass is 279 g/mol. The van der Waals surface area contributed by atoms with Crippen LogP contribution in [0, 0.1) is 12.8 Å². The van der Waals surface area contributed by atoms with Crippen molar-refractivity contribution in [3.63, 3.8) is 0 Å². The first kappa shape index (κ1) is 12.7. The zero-order valence-corrected chi connectivity index (χ0v) is 11.8. The molecule has 1 fully saturated rings. The molecule has 2 heterocycles. The lowest BCUT2D eigenvalue weighted by Gasteiger charge is -2.22. The van der Waals surface area contributed by atoms with E-state index in [2.05, 4.69) is 20.4 Å². The van der Waals surface area contributed by atoms with Gasteiger partial charge in [-0.2, -0.15) is 19.6 Å². The summed E-state index contributed by atoms with van der Waals surface area (Å²) in [6, 6.07) is 0. The topological polar surface area (TPSA) is 55.1 Å². The van der Waals surface area contributed by atoms with E-state index in [9.17, 15) is 0 Å². The maximum atomic E-state index is 6.14. The Bertz CT molecular complexity index is 574. The maximum Gasteiger partial charge on any atom is 0.255 e. The molecule has 1 aliphatic rings. The number of aromatic nitrogens is 4. The van der Waals surface area contributed by atoms with Crippen molar-refractivity contribution in [2.45, 2.75) is 39.0 Å². The van der Waals surface area contributed by atoms with Gasteiger partial charge in [0.2, 0.25) is 0 Å². The third kappa shape index (κ3) is 2.52. The van der Waals surface area contributed by atoms with E-state index in [-0.39, 0.29) is 0 Å². The molecule has 0 aliphatic heterocycles. The third-order valence-corrected chi connectivity index (χ3v) is 4.26. The Kier molecular flexibility index (Phi) is 3.55. The Hall–Kier alpha value is -1.36. The largest absolute Gasteiger partial charge is 0.369 e. The zero-order valence-electron chi connectivity index (χ0n) is 11.1. The molecule has 19 heavy (non-hydrogen) atoms. The van der Waals surface area contributed by atoms with Crippen LogP contribution in [-0.2, 0) is 0 Å². The number of nitrogens with zero attached hydrogens (tertiary/aromatic N) is 4. The van der Waals surface area contributed by atoms with E-state index in [1.807, 2.05) is 6.92 Å². The summed E-state index contributed by atoms with van der Waals surface area (Å²) >= 11 is 6.14. The normalized spacial score (nSPS) is 16.9. The van der Waals surface area contributed by atoms with Gasteiger partial charge in [0.15, 0.2) is 0 Å². The molecule has 0 radical (unpaired) electrons. The first-order chi connectivity index (χ1) is 9.25. The molecule has 0 amide bonds. The van der Waals surface area contributed by atoms with Crippen molar-refractivity contribution in [1.82, 2.24) is 19.6 Å². The van der Waals surface area contributed by atoms with Gasteiger partial charge in [-0.3, -0.25) is 0 Å².